The molecule has 3 heteroatoms. The molecular formula is C19H25NO2. The number of hydrogen-bond acceptors (Lipinski definition) is 3. The zero-order valence-corrected chi connectivity index (χ0v) is 13.8. The Morgan fingerprint density at radius 1 is 1.05 bits per heavy atom. The number of aryl methyl sites for hydroxylation is 1. The van der Waals surface area contributed by atoms with E-state index in [2.05, 4.69) is 42.6 Å². The molecule has 22 heavy (non-hydrogen) atoms. The summed E-state index contributed by atoms with van der Waals surface area (Å²) < 4.78 is 11.0. The molecule has 0 aliphatic carbocycles. The van der Waals surface area contributed by atoms with E-state index >= 15 is 0 Å². The minimum Gasteiger partial charge on any atom is -0.497 e. The van der Waals surface area contributed by atoms with Crippen molar-refractivity contribution in [2.75, 3.05) is 27.8 Å². The van der Waals surface area contributed by atoms with Gasteiger partial charge in [-0.1, -0.05) is 29.8 Å². The number of ether oxygens (including phenoxy) is 2. The molecule has 0 spiro atoms. The van der Waals surface area contributed by atoms with Gasteiger partial charge in [-0.3, -0.25) is 0 Å². The summed E-state index contributed by atoms with van der Waals surface area (Å²) in [6.45, 7) is 3.07. The lowest BCUT2D eigenvalue weighted by Gasteiger charge is -2.21. The highest BCUT2D eigenvalue weighted by Crippen LogP contribution is 2.36. The average Bonchev–Trinajstić information content (AvgIpc) is 2.55. The standard InChI is InChI=1S/C19H25NO2/c1-14-6-5-7-15(12-14)17(10-11-20-2)18-13-16(21-3)8-9-19(18)22-4/h5-9,12-13,17,20H,10-11H2,1-4H3. The third-order valence-corrected chi connectivity index (χ3v) is 3.94. The van der Waals surface area contributed by atoms with E-state index in [0.29, 0.717) is 0 Å². The highest BCUT2D eigenvalue weighted by molar-refractivity contribution is 5.47. The predicted molar refractivity (Wildman–Crippen MR) is 91.1 cm³/mol. The first-order valence-corrected chi connectivity index (χ1v) is 7.62. The fraction of sp³-hybridized carbons (Fsp3) is 0.368. The summed E-state index contributed by atoms with van der Waals surface area (Å²) in [7, 11) is 5.40. The first-order chi connectivity index (χ1) is 10.7. The summed E-state index contributed by atoms with van der Waals surface area (Å²) in [6, 6.07) is 14.7. The summed E-state index contributed by atoms with van der Waals surface area (Å²) in [5.74, 6) is 2.04. The third kappa shape index (κ3) is 3.80. The number of hydrogen-bond donors (Lipinski definition) is 1. The summed E-state index contributed by atoms with van der Waals surface area (Å²) >= 11 is 0. The molecule has 0 saturated carbocycles. The van der Waals surface area contributed by atoms with E-state index in [9.17, 15) is 0 Å². The van der Waals surface area contributed by atoms with Crippen molar-refractivity contribution in [1.82, 2.24) is 5.32 Å². The molecule has 0 aromatic heterocycles. The van der Waals surface area contributed by atoms with Crippen LogP contribution in [0.2, 0.25) is 0 Å². The summed E-state index contributed by atoms with van der Waals surface area (Å²) in [5.41, 5.74) is 3.75. The SMILES string of the molecule is CNCCC(c1cccc(C)c1)c1cc(OC)ccc1OC. The second kappa shape index (κ2) is 7.85. The molecule has 3 nitrogen and oxygen atoms in total. The number of rotatable bonds is 7. The highest BCUT2D eigenvalue weighted by Gasteiger charge is 2.19. The van der Waals surface area contributed by atoms with E-state index in [1.54, 1.807) is 14.2 Å². The Morgan fingerprint density at radius 2 is 1.86 bits per heavy atom. The summed E-state index contributed by atoms with van der Waals surface area (Å²) in [5, 5.41) is 3.25. The van der Waals surface area contributed by atoms with E-state index in [4.69, 9.17) is 9.47 Å². The molecule has 2 aromatic rings. The van der Waals surface area contributed by atoms with Crippen molar-refractivity contribution < 1.29 is 9.47 Å². The van der Waals surface area contributed by atoms with E-state index in [-0.39, 0.29) is 5.92 Å². The van der Waals surface area contributed by atoms with Crippen molar-refractivity contribution in [3.63, 3.8) is 0 Å². The number of methoxy groups -OCH3 is 2. The Hall–Kier alpha value is -2.00. The molecule has 2 rings (SSSR count). The minimum atomic E-state index is 0.275. The Morgan fingerprint density at radius 3 is 2.50 bits per heavy atom. The molecule has 0 radical (unpaired) electrons. The van der Waals surface area contributed by atoms with Crippen molar-refractivity contribution in [1.29, 1.82) is 0 Å². The maximum atomic E-state index is 5.58. The van der Waals surface area contributed by atoms with Gasteiger partial charge in [0.05, 0.1) is 14.2 Å². The van der Waals surface area contributed by atoms with Gasteiger partial charge in [0.15, 0.2) is 0 Å². The Kier molecular flexibility index (Phi) is 5.84. The topological polar surface area (TPSA) is 30.5 Å². The van der Waals surface area contributed by atoms with Crippen LogP contribution in [0.25, 0.3) is 0 Å². The van der Waals surface area contributed by atoms with E-state index in [0.717, 1.165) is 24.5 Å². The Labute approximate surface area is 133 Å². The second-order valence-electron chi connectivity index (χ2n) is 5.47. The van der Waals surface area contributed by atoms with Gasteiger partial charge in [-0.05, 0) is 50.7 Å². The molecule has 0 fully saturated rings. The van der Waals surface area contributed by atoms with Crippen LogP contribution in [-0.4, -0.2) is 27.8 Å². The smallest absolute Gasteiger partial charge is 0.122 e. The van der Waals surface area contributed by atoms with Crippen LogP contribution in [0.4, 0.5) is 0 Å². The molecule has 1 unspecified atom stereocenters. The van der Waals surface area contributed by atoms with Crippen molar-refractivity contribution in [3.8, 4) is 11.5 Å². The van der Waals surface area contributed by atoms with Crippen LogP contribution in [-0.2, 0) is 0 Å². The van der Waals surface area contributed by atoms with Crippen molar-refractivity contribution in [2.45, 2.75) is 19.3 Å². The van der Waals surface area contributed by atoms with Gasteiger partial charge in [-0.25, -0.2) is 0 Å². The van der Waals surface area contributed by atoms with E-state index in [1.165, 1.54) is 16.7 Å². The fourth-order valence-corrected chi connectivity index (χ4v) is 2.79. The van der Waals surface area contributed by atoms with Gasteiger partial charge in [0, 0.05) is 11.5 Å². The fourth-order valence-electron chi connectivity index (χ4n) is 2.79. The third-order valence-electron chi connectivity index (χ3n) is 3.94. The zero-order valence-electron chi connectivity index (χ0n) is 13.8. The van der Waals surface area contributed by atoms with E-state index in [1.807, 2.05) is 19.2 Å². The first-order valence-electron chi connectivity index (χ1n) is 7.62. The molecule has 0 saturated heterocycles. The predicted octanol–water partition coefficient (Wildman–Crippen LogP) is 3.75. The van der Waals surface area contributed by atoms with Crippen LogP contribution in [0.3, 0.4) is 0 Å². The minimum absolute atomic E-state index is 0.275. The molecule has 1 N–H and O–H groups in total. The average molecular weight is 299 g/mol. The molecular weight excluding hydrogens is 274 g/mol. The molecule has 0 amide bonds. The molecule has 0 aliphatic rings. The maximum Gasteiger partial charge on any atom is 0.122 e. The van der Waals surface area contributed by atoms with Crippen LogP contribution in [0.1, 0.15) is 29.0 Å². The van der Waals surface area contributed by atoms with Gasteiger partial charge in [0.1, 0.15) is 11.5 Å². The van der Waals surface area contributed by atoms with Crippen LogP contribution in [0, 0.1) is 6.92 Å². The summed E-state index contributed by atoms with van der Waals surface area (Å²) in [6.07, 6.45) is 1.00. The largest absolute Gasteiger partial charge is 0.497 e. The Balaban J connectivity index is 2.48. The lowest BCUT2D eigenvalue weighted by molar-refractivity contribution is 0.396. The molecule has 0 bridgehead atoms. The monoisotopic (exact) mass is 299 g/mol. The maximum absolute atomic E-state index is 5.58. The van der Waals surface area contributed by atoms with Gasteiger partial charge in [0.2, 0.25) is 0 Å². The molecule has 2 aromatic carbocycles. The van der Waals surface area contributed by atoms with Crippen molar-refractivity contribution in [3.05, 3.63) is 59.2 Å². The lowest BCUT2D eigenvalue weighted by atomic mass is 9.87. The quantitative estimate of drug-likeness (QED) is 0.844. The lowest BCUT2D eigenvalue weighted by Crippen LogP contribution is -2.14. The molecule has 0 heterocycles. The molecule has 1 atom stereocenters. The van der Waals surface area contributed by atoms with Gasteiger partial charge in [0.25, 0.3) is 0 Å². The van der Waals surface area contributed by atoms with E-state index < -0.39 is 0 Å². The number of nitrogens with one attached hydrogen (secondary N) is 1. The summed E-state index contributed by atoms with van der Waals surface area (Å²) in [4.78, 5) is 0. The van der Waals surface area contributed by atoms with Crippen LogP contribution in [0.5, 0.6) is 11.5 Å². The van der Waals surface area contributed by atoms with Crippen LogP contribution >= 0.6 is 0 Å². The van der Waals surface area contributed by atoms with Crippen LogP contribution in [0.15, 0.2) is 42.5 Å². The number of benzene rings is 2. The van der Waals surface area contributed by atoms with Gasteiger partial charge >= 0.3 is 0 Å². The van der Waals surface area contributed by atoms with Crippen molar-refractivity contribution in [2.24, 2.45) is 0 Å². The Bertz CT molecular complexity index is 610. The molecule has 0 aliphatic heterocycles. The zero-order chi connectivity index (χ0) is 15.9. The molecule has 118 valence electrons. The van der Waals surface area contributed by atoms with Gasteiger partial charge in [-0.2, -0.15) is 0 Å². The van der Waals surface area contributed by atoms with Gasteiger partial charge in [-0.15, -0.1) is 0 Å². The van der Waals surface area contributed by atoms with Gasteiger partial charge < -0.3 is 14.8 Å². The van der Waals surface area contributed by atoms with Crippen molar-refractivity contribution >= 4 is 0 Å². The first kappa shape index (κ1) is 16.4. The second-order valence-corrected chi connectivity index (χ2v) is 5.47. The van der Waals surface area contributed by atoms with Crippen LogP contribution < -0.4 is 14.8 Å². The highest BCUT2D eigenvalue weighted by atomic mass is 16.5. The normalized spacial score (nSPS) is 12.0.